The molecule has 3 nitrogen and oxygen atoms in total. The van der Waals surface area contributed by atoms with Gasteiger partial charge in [-0.3, -0.25) is 4.79 Å². The molecule has 0 aliphatic carbocycles. The fraction of sp³-hybridized carbons (Fsp3) is 0.462. The van der Waals surface area contributed by atoms with Gasteiger partial charge in [0.1, 0.15) is 0 Å². The van der Waals surface area contributed by atoms with E-state index in [2.05, 4.69) is 10.1 Å². The maximum Gasteiger partial charge on any atom is 0.307 e. The smallest absolute Gasteiger partial charge is 0.307 e. The Morgan fingerprint density at radius 3 is 2.65 bits per heavy atom. The number of carbonyl (C=O) groups is 1. The molecule has 0 aliphatic rings. The molecule has 17 heavy (non-hydrogen) atoms. The molecule has 0 spiro atoms. The van der Waals surface area contributed by atoms with Crippen LogP contribution in [0.3, 0.4) is 0 Å². The summed E-state index contributed by atoms with van der Waals surface area (Å²) in [7, 11) is 1.41. The number of benzene rings is 1. The molecular weight excluding hydrogens is 238 g/mol. The number of rotatable bonds is 6. The Bertz CT molecular complexity index is 351. The van der Waals surface area contributed by atoms with Crippen molar-refractivity contribution in [2.75, 3.05) is 13.7 Å². The molecule has 0 radical (unpaired) electrons. The highest BCUT2D eigenvalue weighted by Gasteiger charge is 2.07. The quantitative estimate of drug-likeness (QED) is 0.794. The Kier molecular flexibility index (Phi) is 6.01. The van der Waals surface area contributed by atoms with E-state index in [9.17, 15) is 4.79 Å². The number of carbonyl (C=O) groups excluding carboxylic acids is 1. The summed E-state index contributed by atoms with van der Waals surface area (Å²) in [5.41, 5.74) is 1.23. The third kappa shape index (κ3) is 5.71. The molecule has 1 unspecified atom stereocenters. The predicted molar refractivity (Wildman–Crippen MR) is 69.3 cm³/mol. The number of halogens is 1. The van der Waals surface area contributed by atoms with Crippen LogP contribution < -0.4 is 5.32 Å². The van der Waals surface area contributed by atoms with E-state index >= 15 is 0 Å². The van der Waals surface area contributed by atoms with E-state index in [0.29, 0.717) is 6.42 Å². The zero-order chi connectivity index (χ0) is 12.7. The summed E-state index contributed by atoms with van der Waals surface area (Å²) >= 11 is 5.80. The SMILES string of the molecule is COC(=O)CC(C)NCCc1ccc(Cl)cc1. The van der Waals surface area contributed by atoms with E-state index in [-0.39, 0.29) is 12.0 Å². The van der Waals surface area contributed by atoms with Gasteiger partial charge in [0.05, 0.1) is 13.5 Å². The lowest BCUT2D eigenvalue weighted by atomic mass is 10.1. The molecule has 4 heteroatoms. The Morgan fingerprint density at radius 1 is 1.41 bits per heavy atom. The molecule has 0 aromatic heterocycles. The van der Waals surface area contributed by atoms with Crippen molar-refractivity contribution in [3.63, 3.8) is 0 Å². The van der Waals surface area contributed by atoms with Gasteiger partial charge in [0.2, 0.25) is 0 Å². The van der Waals surface area contributed by atoms with Gasteiger partial charge >= 0.3 is 5.97 Å². The third-order valence-corrected chi connectivity index (χ3v) is 2.77. The Morgan fingerprint density at radius 2 is 2.06 bits per heavy atom. The van der Waals surface area contributed by atoms with Crippen LogP contribution in [-0.4, -0.2) is 25.7 Å². The highest BCUT2D eigenvalue weighted by atomic mass is 35.5. The summed E-state index contributed by atoms with van der Waals surface area (Å²) in [5.74, 6) is -0.184. The number of methoxy groups -OCH3 is 1. The number of hydrogen-bond donors (Lipinski definition) is 1. The molecule has 1 N–H and O–H groups in total. The highest BCUT2D eigenvalue weighted by molar-refractivity contribution is 6.30. The molecule has 0 aliphatic heterocycles. The molecule has 0 fully saturated rings. The molecule has 0 heterocycles. The zero-order valence-electron chi connectivity index (χ0n) is 10.2. The molecule has 0 saturated heterocycles. The normalized spacial score (nSPS) is 12.2. The van der Waals surface area contributed by atoms with Crippen LogP contribution in [0.25, 0.3) is 0 Å². The van der Waals surface area contributed by atoms with Gasteiger partial charge in [0.25, 0.3) is 0 Å². The van der Waals surface area contributed by atoms with Gasteiger partial charge in [-0.2, -0.15) is 0 Å². The van der Waals surface area contributed by atoms with Gasteiger partial charge in [-0.15, -0.1) is 0 Å². The molecule has 0 bridgehead atoms. The van der Waals surface area contributed by atoms with Crippen LogP contribution in [0.5, 0.6) is 0 Å². The van der Waals surface area contributed by atoms with Gasteiger partial charge in [-0.25, -0.2) is 0 Å². The van der Waals surface area contributed by atoms with Crippen LogP contribution >= 0.6 is 11.6 Å². The molecule has 0 amide bonds. The lowest BCUT2D eigenvalue weighted by molar-refractivity contribution is -0.141. The topological polar surface area (TPSA) is 38.3 Å². The lowest BCUT2D eigenvalue weighted by Gasteiger charge is -2.12. The number of esters is 1. The van der Waals surface area contributed by atoms with Crippen molar-refractivity contribution in [2.45, 2.75) is 25.8 Å². The molecular formula is C13H18ClNO2. The molecule has 1 aromatic rings. The van der Waals surface area contributed by atoms with Crippen LogP contribution in [0.2, 0.25) is 5.02 Å². The second-order valence-corrected chi connectivity index (χ2v) is 4.45. The third-order valence-electron chi connectivity index (χ3n) is 2.52. The second-order valence-electron chi connectivity index (χ2n) is 4.01. The van der Waals surface area contributed by atoms with E-state index in [0.717, 1.165) is 18.0 Å². The number of nitrogens with one attached hydrogen (secondary N) is 1. The van der Waals surface area contributed by atoms with Crippen molar-refractivity contribution in [1.82, 2.24) is 5.32 Å². The Labute approximate surface area is 107 Å². The maximum absolute atomic E-state index is 11.0. The minimum Gasteiger partial charge on any atom is -0.469 e. The number of ether oxygens (including phenoxy) is 1. The summed E-state index contributed by atoms with van der Waals surface area (Å²) < 4.78 is 4.61. The summed E-state index contributed by atoms with van der Waals surface area (Å²) in [6.45, 7) is 2.80. The average molecular weight is 256 g/mol. The van der Waals surface area contributed by atoms with E-state index in [1.165, 1.54) is 12.7 Å². The standard InChI is InChI=1S/C13H18ClNO2/c1-10(9-13(16)17-2)15-8-7-11-3-5-12(14)6-4-11/h3-6,10,15H,7-9H2,1-2H3. The first kappa shape index (κ1) is 14.0. The van der Waals surface area contributed by atoms with Gasteiger partial charge in [-0.1, -0.05) is 23.7 Å². The zero-order valence-corrected chi connectivity index (χ0v) is 11.0. The van der Waals surface area contributed by atoms with E-state index in [4.69, 9.17) is 11.6 Å². The minimum absolute atomic E-state index is 0.134. The van der Waals surface area contributed by atoms with Crippen LogP contribution in [0, 0.1) is 0 Å². The van der Waals surface area contributed by atoms with Crippen molar-refractivity contribution < 1.29 is 9.53 Å². The summed E-state index contributed by atoms with van der Waals surface area (Å²) in [6.07, 6.45) is 1.32. The first-order chi connectivity index (χ1) is 8.11. The van der Waals surface area contributed by atoms with Crippen molar-refractivity contribution in [2.24, 2.45) is 0 Å². The van der Waals surface area contributed by atoms with Crippen LogP contribution in [0.15, 0.2) is 24.3 Å². The molecule has 1 atom stereocenters. The first-order valence-electron chi connectivity index (χ1n) is 5.66. The van der Waals surface area contributed by atoms with Crippen molar-refractivity contribution in [3.05, 3.63) is 34.9 Å². The van der Waals surface area contributed by atoms with E-state index in [1.807, 2.05) is 31.2 Å². The van der Waals surface area contributed by atoms with Gasteiger partial charge < -0.3 is 10.1 Å². The molecule has 1 aromatic carbocycles. The van der Waals surface area contributed by atoms with Crippen LogP contribution in [0.1, 0.15) is 18.9 Å². The van der Waals surface area contributed by atoms with Crippen LogP contribution in [-0.2, 0) is 16.0 Å². The maximum atomic E-state index is 11.0. The predicted octanol–water partition coefficient (Wildman–Crippen LogP) is 2.42. The fourth-order valence-electron chi connectivity index (χ4n) is 1.52. The van der Waals surface area contributed by atoms with Crippen molar-refractivity contribution in [1.29, 1.82) is 0 Å². The molecule has 1 rings (SSSR count). The van der Waals surface area contributed by atoms with E-state index < -0.39 is 0 Å². The summed E-state index contributed by atoms with van der Waals surface area (Å²) in [4.78, 5) is 11.0. The Balaban J connectivity index is 2.23. The largest absolute Gasteiger partial charge is 0.469 e. The van der Waals surface area contributed by atoms with Gasteiger partial charge in [-0.05, 0) is 37.6 Å². The molecule has 0 saturated carbocycles. The summed E-state index contributed by atoms with van der Waals surface area (Å²) in [5, 5.41) is 4.03. The molecule has 94 valence electrons. The van der Waals surface area contributed by atoms with E-state index in [1.54, 1.807) is 0 Å². The highest BCUT2D eigenvalue weighted by Crippen LogP contribution is 2.09. The van der Waals surface area contributed by atoms with Crippen molar-refractivity contribution >= 4 is 17.6 Å². The van der Waals surface area contributed by atoms with Gasteiger partial charge in [0.15, 0.2) is 0 Å². The van der Waals surface area contributed by atoms with Crippen molar-refractivity contribution in [3.8, 4) is 0 Å². The number of hydrogen-bond acceptors (Lipinski definition) is 3. The Hall–Kier alpha value is -1.06. The lowest BCUT2D eigenvalue weighted by Crippen LogP contribution is -2.30. The fourth-order valence-corrected chi connectivity index (χ4v) is 1.65. The monoisotopic (exact) mass is 255 g/mol. The first-order valence-corrected chi connectivity index (χ1v) is 6.04. The average Bonchev–Trinajstić information content (AvgIpc) is 2.31. The summed E-state index contributed by atoms with van der Waals surface area (Å²) in [6, 6.07) is 7.92. The second kappa shape index (κ2) is 7.30. The minimum atomic E-state index is -0.184. The van der Waals surface area contributed by atoms with Gasteiger partial charge in [0, 0.05) is 11.1 Å². The van der Waals surface area contributed by atoms with Crippen LogP contribution in [0.4, 0.5) is 0 Å².